The first-order valence-corrected chi connectivity index (χ1v) is 8.67. The quantitative estimate of drug-likeness (QED) is 0.314. The van der Waals surface area contributed by atoms with Gasteiger partial charge in [0, 0.05) is 33.6 Å². The van der Waals surface area contributed by atoms with Gasteiger partial charge in [-0.1, -0.05) is 0 Å². The van der Waals surface area contributed by atoms with Gasteiger partial charge in [-0.2, -0.15) is 0 Å². The Hall–Kier alpha value is -1.91. The summed E-state index contributed by atoms with van der Waals surface area (Å²) in [6.07, 6.45) is -5.90. The van der Waals surface area contributed by atoms with Gasteiger partial charge >= 0.3 is 23.9 Å². The molecule has 1 rings (SSSR count). The van der Waals surface area contributed by atoms with E-state index in [9.17, 15) is 19.2 Å². The first-order valence-electron chi connectivity index (χ1n) is 8.13. The Labute approximate surface area is 161 Å². The zero-order valence-electron chi connectivity index (χ0n) is 15.5. The fraction of sp³-hybridized carbons (Fsp3) is 0.750. The van der Waals surface area contributed by atoms with E-state index >= 15 is 0 Å². The highest BCUT2D eigenvalue weighted by atomic mass is 35.5. The van der Waals surface area contributed by atoms with Gasteiger partial charge in [0.2, 0.25) is 0 Å². The van der Waals surface area contributed by atoms with Crippen LogP contribution in [0, 0.1) is 0 Å². The van der Waals surface area contributed by atoms with Crippen LogP contribution in [0.2, 0.25) is 0 Å². The maximum absolute atomic E-state index is 11.6. The van der Waals surface area contributed by atoms with Crippen LogP contribution in [0.5, 0.6) is 0 Å². The summed E-state index contributed by atoms with van der Waals surface area (Å²) < 4.78 is 31.7. The van der Waals surface area contributed by atoms with Gasteiger partial charge in [0.1, 0.15) is 12.7 Å². The van der Waals surface area contributed by atoms with Gasteiger partial charge < -0.3 is 28.4 Å². The topological polar surface area (TPSA) is 124 Å². The van der Waals surface area contributed by atoms with E-state index < -0.39 is 54.6 Å². The molecule has 0 spiro atoms. The Kier molecular flexibility index (Phi) is 9.47. The normalized spacial score (nSPS) is 27.4. The van der Waals surface area contributed by atoms with Crippen molar-refractivity contribution >= 4 is 35.5 Å². The molecule has 154 valence electrons. The van der Waals surface area contributed by atoms with Crippen molar-refractivity contribution in [2.24, 2.45) is 0 Å². The molecule has 10 nitrogen and oxygen atoms in total. The Morgan fingerprint density at radius 3 is 1.81 bits per heavy atom. The van der Waals surface area contributed by atoms with Crippen LogP contribution in [-0.4, -0.2) is 73.7 Å². The number of carbonyl (C=O) groups is 4. The number of esters is 4. The second kappa shape index (κ2) is 11.1. The number of hydrogen-bond acceptors (Lipinski definition) is 10. The zero-order valence-corrected chi connectivity index (χ0v) is 16.2. The van der Waals surface area contributed by atoms with Crippen LogP contribution < -0.4 is 0 Å². The van der Waals surface area contributed by atoms with Crippen molar-refractivity contribution in [3.63, 3.8) is 0 Å². The molecular formula is C16H23ClO10. The van der Waals surface area contributed by atoms with E-state index in [1.807, 2.05) is 0 Å². The van der Waals surface area contributed by atoms with Crippen molar-refractivity contribution < 1.29 is 47.6 Å². The van der Waals surface area contributed by atoms with Crippen LogP contribution in [0.3, 0.4) is 0 Å². The van der Waals surface area contributed by atoms with Gasteiger partial charge in [-0.05, 0) is 0 Å². The molecule has 5 atom stereocenters. The predicted molar refractivity (Wildman–Crippen MR) is 88.6 cm³/mol. The second-order valence-electron chi connectivity index (χ2n) is 5.63. The predicted octanol–water partition coefficient (Wildman–Crippen LogP) is 0.325. The third-order valence-electron chi connectivity index (χ3n) is 3.31. The van der Waals surface area contributed by atoms with Crippen molar-refractivity contribution in [3.05, 3.63) is 0 Å². The summed E-state index contributed by atoms with van der Waals surface area (Å²) in [7, 11) is 0. The minimum absolute atomic E-state index is 0.0370. The minimum Gasteiger partial charge on any atom is -0.463 e. The molecule has 0 unspecified atom stereocenters. The summed E-state index contributed by atoms with van der Waals surface area (Å²) in [4.78, 5) is 45.8. The number of carbonyl (C=O) groups excluding carboxylic acids is 4. The maximum Gasteiger partial charge on any atom is 0.303 e. The molecule has 1 aliphatic heterocycles. The van der Waals surface area contributed by atoms with Gasteiger partial charge in [-0.25, -0.2) is 0 Å². The van der Waals surface area contributed by atoms with Crippen molar-refractivity contribution in [1.82, 2.24) is 0 Å². The summed E-state index contributed by atoms with van der Waals surface area (Å²) in [5.74, 6) is -2.58. The Morgan fingerprint density at radius 1 is 0.815 bits per heavy atom. The molecule has 0 N–H and O–H groups in total. The molecular weight excluding hydrogens is 388 g/mol. The molecule has 1 aliphatic rings. The lowest BCUT2D eigenvalue weighted by atomic mass is 9.98. The van der Waals surface area contributed by atoms with Gasteiger partial charge in [0.05, 0.1) is 6.61 Å². The van der Waals surface area contributed by atoms with E-state index in [2.05, 4.69) is 0 Å². The van der Waals surface area contributed by atoms with E-state index in [-0.39, 0.29) is 19.1 Å². The molecule has 1 heterocycles. The van der Waals surface area contributed by atoms with Crippen LogP contribution in [0.15, 0.2) is 0 Å². The Morgan fingerprint density at radius 2 is 1.33 bits per heavy atom. The molecule has 0 radical (unpaired) electrons. The zero-order chi connectivity index (χ0) is 20.6. The summed E-state index contributed by atoms with van der Waals surface area (Å²) in [5.41, 5.74) is 0. The lowest BCUT2D eigenvalue weighted by molar-refractivity contribution is -0.307. The van der Waals surface area contributed by atoms with E-state index in [0.29, 0.717) is 0 Å². The third kappa shape index (κ3) is 7.69. The van der Waals surface area contributed by atoms with Gasteiger partial charge in [-0.15, -0.1) is 11.6 Å². The molecule has 11 heteroatoms. The number of ether oxygens (including phenoxy) is 6. The minimum atomic E-state index is -1.25. The van der Waals surface area contributed by atoms with E-state index in [1.54, 1.807) is 0 Å². The smallest absolute Gasteiger partial charge is 0.303 e. The fourth-order valence-electron chi connectivity index (χ4n) is 2.48. The molecule has 0 aromatic carbocycles. The second-order valence-corrected chi connectivity index (χ2v) is 6.01. The van der Waals surface area contributed by atoms with E-state index in [4.69, 9.17) is 40.0 Å². The van der Waals surface area contributed by atoms with Gasteiger partial charge in [-0.3, -0.25) is 19.2 Å². The number of alkyl halides is 1. The summed E-state index contributed by atoms with van der Waals surface area (Å²) in [6, 6.07) is 0. The highest BCUT2D eigenvalue weighted by Gasteiger charge is 2.52. The highest BCUT2D eigenvalue weighted by Crippen LogP contribution is 2.29. The van der Waals surface area contributed by atoms with Crippen LogP contribution in [0.4, 0.5) is 0 Å². The monoisotopic (exact) mass is 410 g/mol. The molecule has 0 bridgehead atoms. The largest absolute Gasteiger partial charge is 0.463 e. The van der Waals surface area contributed by atoms with E-state index in [1.165, 1.54) is 6.92 Å². The summed E-state index contributed by atoms with van der Waals surface area (Å²) in [5, 5.41) is 0. The lowest BCUT2D eigenvalue weighted by Gasteiger charge is -2.44. The molecule has 0 saturated carbocycles. The first kappa shape index (κ1) is 23.1. The lowest BCUT2D eigenvalue weighted by Crippen LogP contribution is -2.63. The molecule has 0 amide bonds. The molecule has 1 saturated heterocycles. The highest BCUT2D eigenvalue weighted by molar-refractivity contribution is 6.17. The number of halogens is 1. The standard InChI is InChI=1S/C16H23ClO10/c1-8(18)23-7-12-13(24-9(2)19)14(25-10(3)20)15(26-11(4)21)16(27-12)22-6-5-17/h12-16H,5-7H2,1-4H3/t12-,13-,14+,15-,16+/m1/s1. The van der Waals surface area contributed by atoms with E-state index in [0.717, 1.165) is 20.8 Å². The maximum atomic E-state index is 11.6. The van der Waals surface area contributed by atoms with Crippen molar-refractivity contribution in [2.75, 3.05) is 19.1 Å². The average Bonchev–Trinajstić information content (AvgIpc) is 2.54. The summed E-state index contributed by atoms with van der Waals surface area (Å²) in [6.45, 7) is 4.35. The van der Waals surface area contributed by atoms with Crippen molar-refractivity contribution in [3.8, 4) is 0 Å². The third-order valence-corrected chi connectivity index (χ3v) is 3.46. The fourth-order valence-corrected chi connectivity index (χ4v) is 2.57. The van der Waals surface area contributed by atoms with Crippen LogP contribution in [0.1, 0.15) is 27.7 Å². The number of hydrogen-bond donors (Lipinski definition) is 0. The molecule has 0 aromatic heterocycles. The molecule has 1 fully saturated rings. The van der Waals surface area contributed by atoms with Crippen molar-refractivity contribution in [1.29, 1.82) is 0 Å². The Balaban J connectivity index is 3.22. The first-order chi connectivity index (χ1) is 12.6. The average molecular weight is 411 g/mol. The molecule has 0 aliphatic carbocycles. The summed E-state index contributed by atoms with van der Waals surface area (Å²) >= 11 is 5.62. The number of rotatable bonds is 8. The van der Waals surface area contributed by atoms with Crippen LogP contribution in [-0.2, 0) is 47.6 Å². The van der Waals surface area contributed by atoms with Gasteiger partial charge in [0.15, 0.2) is 24.6 Å². The SMILES string of the molecule is CC(=O)OC[C@H]1O[C@H](OCCCl)[C@H](OC(C)=O)[C@@H](OC(C)=O)[C@@H]1OC(C)=O. The molecule has 27 heavy (non-hydrogen) atoms. The van der Waals surface area contributed by atoms with Crippen molar-refractivity contribution in [2.45, 2.75) is 58.4 Å². The van der Waals surface area contributed by atoms with Gasteiger partial charge in [0.25, 0.3) is 0 Å². The van der Waals surface area contributed by atoms with Crippen LogP contribution >= 0.6 is 11.6 Å². The van der Waals surface area contributed by atoms with Crippen LogP contribution in [0.25, 0.3) is 0 Å². The molecule has 0 aromatic rings. The Bertz CT molecular complexity index is 551.